The van der Waals surface area contributed by atoms with E-state index >= 15 is 0 Å². The Bertz CT molecular complexity index is 121. The van der Waals surface area contributed by atoms with Crippen LogP contribution in [0.1, 0.15) is 13.3 Å². The second-order valence-electron chi connectivity index (χ2n) is 1.88. The molecular weight excluding hydrogens is 130 g/mol. The Labute approximate surface area is 60.7 Å². The molecule has 0 spiro atoms. The summed E-state index contributed by atoms with van der Waals surface area (Å²) in [7, 11) is 0. The molecule has 0 unspecified atom stereocenters. The third-order valence-electron chi connectivity index (χ3n) is 0.924. The van der Waals surface area contributed by atoms with Crippen LogP contribution in [-0.2, 0) is 4.79 Å². The van der Waals surface area contributed by atoms with E-state index in [4.69, 9.17) is 5.11 Å². The Kier molecular flexibility index (Phi) is 5.77. The molecule has 0 aromatic rings. The number of carbonyl (C=O) groups is 1. The number of hydrogen-bond donors (Lipinski definition) is 2. The molecular formula is C7H13NO2. The summed E-state index contributed by atoms with van der Waals surface area (Å²) in [6.45, 7) is 2.59. The maximum atomic E-state index is 10.7. The summed E-state index contributed by atoms with van der Waals surface area (Å²) >= 11 is 0. The van der Waals surface area contributed by atoms with E-state index in [2.05, 4.69) is 5.32 Å². The molecule has 0 aliphatic heterocycles. The number of aliphatic hydroxyl groups excluding tert-OH is 1. The van der Waals surface area contributed by atoms with Gasteiger partial charge in [-0.15, -0.1) is 0 Å². The van der Waals surface area contributed by atoms with Crippen LogP contribution in [0.2, 0.25) is 0 Å². The normalized spacial score (nSPS) is 10.2. The lowest BCUT2D eigenvalue weighted by molar-refractivity contribution is -0.116. The Morgan fingerprint density at radius 1 is 1.70 bits per heavy atom. The zero-order chi connectivity index (χ0) is 7.82. The summed E-state index contributed by atoms with van der Waals surface area (Å²) in [6.07, 6.45) is 3.67. The lowest BCUT2D eigenvalue weighted by Gasteiger charge is -1.95. The number of nitrogens with one attached hydrogen (secondary N) is 1. The lowest BCUT2D eigenvalue weighted by Crippen LogP contribution is -2.21. The van der Waals surface area contributed by atoms with Crippen LogP contribution in [0.4, 0.5) is 0 Å². The van der Waals surface area contributed by atoms with Crippen molar-refractivity contribution in [1.82, 2.24) is 5.32 Å². The van der Waals surface area contributed by atoms with E-state index in [-0.39, 0.29) is 12.5 Å². The van der Waals surface area contributed by atoms with Crippen molar-refractivity contribution in [3.8, 4) is 0 Å². The molecule has 0 atom stereocenters. The molecule has 1 amide bonds. The van der Waals surface area contributed by atoms with Gasteiger partial charge in [-0.25, -0.2) is 0 Å². The molecule has 0 aromatic heterocycles. The van der Waals surface area contributed by atoms with Crippen molar-refractivity contribution in [1.29, 1.82) is 0 Å². The number of rotatable bonds is 4. The average Bonchev–Trinajstić information content (AvgIpc) is 1.97. The maximum absolute atomic E-state index is 10.7. The fourth-order valence-electron chi connectivity index (χ4n) is 0.467. The van der Waals surface area contributed by atoms with Crippen molar-refractivity contribution in [3.05, 3.63) is 12.2 Å². The second kappa shape index (κ2) is 6.29. The number of carbonyl (C=O) groups excluding carboxylic acids is 1. The van der Waals surface area contributed by atoms with Crippen LogP contribution in [0.15, 0.2) is 12.2 Å². The number of hydrogen-bond acceptors (Lipinski definition) is 2. The van der Waals surface area contributed by atoms with Gasteiger partial charge in [0, 0.05) is 12.6 Å². The zero-order valence-corrected chi connectivity index (χ0v) is 6.13. The zero-order valence-electron chi connectivity index (χ0n) is 6.13. The molecule has 0 rings (SSSR count). The smallest absolute Gasteiger partial charge is 0.243 e. The van der Waals surface area contributed by atoms with Crippen LogP contribution in [0.3, 0.4) is 0 Å². The van der Waals surface area contributed by atoms with Crippen LogP contribution < -0.4 is 5.32 Å². The van der Waals surface area contributed by atoms with Gasteiger partial charge in [-0.2, -0.15) is 0 Å². The van der Waals surface area contributed by atoms with Crippen LogP contribution in [-0.4, -0.2) is 24.2 Å². The minimum absolute atomic E-state index is 0.0838. The molecule has 0 saturated carbocycles. The second-order valence-corrected chi connectivity index (χ2v) is 1.88. The van der Waals surface area contributed by atoms with E-state index in [1.807, 2.05) is 6.92 Å². The molecule has 0 aromatic carbocycles. The topological polar surface area (TPSA) is 49.3 Å². The molecule has 58 valence electrons. The Balaban J connectivity index is 3.34. The van der Waals surface area contributed by atoms with Crippen LogP contribution in [0.5, 0.6) is 0 Å². The van der Waals surface area contributed by atoms with Crippen molar-refractivity contribution in [2.75, 3.05) is 13.2 Å². The van der Waals surface area contributed by atoms with Gasteiger partial charge in [0.1, 0.15) is 0 Å². The van der Waals surface area contributed by atoms with Crippen molar-refractivity contribution in [2.45, 2.75) is 13.3 Å². The fraction of sp³-hybridized carbons (Fsp3) is 0.571. The van der Waals surface area contributed by atoms with Gasteiger partial charge < -0.3 is 10.4 Å². The maximum Gasteiger partial charge on any atom is 0.243 e. The SMILES string of the molecule is CCCNC(=O)/C=C\CO. The van der Waals surface area contributed by atoms with Gasteiger partial charge in [-0.05, 0) is 6.42 Å². The van der Waals surface area contributed by atoms with Crippen LogP contribution >= 0.6 is 0 Å². The van der Waals surface area contributed by atoms with Crippen LogP contribution in [0.25, 0.3) is 0 Å². The molecule has 0 radical (unpaired) electrons. The van der Waals surface area contributed by atoms with E-state index < -0.39 is 0 Å². The van der Waals surface area contributed by atoms with Crippen molar-refractivity contribution in [2.24, 2.45) is 0 Å². The van der Waals surface area contributed by atoms with Crippen molar-refractivity contribution >= 4 is 5.91 Å². The lowest BCUT2D eigenvalue weighted by atomic mass is 10.4. The minimum Gasteiger partial charge on any atom is -0.392 e. The van der Waals surface area contributed by atoms with Gasteiger partial charge in [0.2, 0.25) is 5.91 Å². The predicted molar refractivity (Wildman–Crippen MR) is 39.5 cm³/mol. The molecule has 0 bridgehead atoms. The van der Waals surface area contributed by atoms with Gasteiger partial charge >= 0.3 is 0 Å². The first-order chi connectivity index (χ1) is 4.81. The first-order valence-electron chi connectivity index (χ1n) is 3.36. The summed E-state index contributed by atoms with van der Waals surface area (Å²) in [4.78, 5) is 10.7. The molecule has 3 nitrogen and oxygen atoms in total. The number of amides is 1. The van der Waals surface area contributed by atoms with Crippen molar-refractivity contribution in [3.63, 3.8) is 0 Å². The summed E-state index contributed by atoms with van der Waals surface area (Å²) in [5.74, 6) is -0.143. The van der Waals surface area contributed by atoms with Gasteiger partial charge in [0.25, 0.3) is 0 Å². The number of aliphatic hydroxyl groups is 1. The molecule has 10 heavy (non-hydrogen) atoms. The predicted octanol–water partition coefficient (Wildman–Crippen LogP) is 0.0611. The summed E-state index contributed by atoms with van der Waals surface area (Å²) in [5.41, 5.74) is 0. The standard InChI is InChI=1S/C7H13NO2/c1-2-5-8-7(10)4-3-6-9/h3-4,9H,2,5-6H2,1H3,(H,8,10)/b4-3-. The third kappa shape index (κ3) is 5.31. The first-order valence-corrected chi connectivity index (χ1v) is 3.36. The van der Waals surface area contributed by atoms with E-state index in [1.165, 1.54) is 12.2 Å². The minimum atomic E-state index is -0.143. The molecule has 2 N–H and O–H groups in total. The Morgan fingerprint density at radius 3 is 2.90 bits per heavy atom. The summed E-state index contributed by atoms with van der Waals surface area (Å²) in [6, 6.07) is 0. The van der Waals surface area contributed by atoms with Gasteiger partial charge in [-0.3, -0.25) is 4.79 Å². The largest absolute Gasteiger partial charge is 0.392 e. The molecule has 0 aliphatic rings. The molecule has 3 heteroatoms. The van der Waals surface area contributed by atoms with Crippen molar-refractivity contribution < 1.29 is 9.90 Å². The summed E-state index contributed by atoms with van der Waals surface area (Å²) in [5, 5.41) is 10.9. The molecule has 0 saturated heterocycles. The Morgan fingerprint density at radius 2 is 2.40 bits per heavy atom. The molecule has 0 aliphatic carbocycles. The fourth-order valence-corrected chi connectivity index (χ4v) is 0.467. The van der Waals surface area contributed by atoms with Gasteiger partial charge in [0.15, 0.2) is 0 Å². The van der Waals surface area contributed by atoms with E-state index in [0.717, 1.165) is 6.42 Å². The van der Waals surface area contributed by atoms with E-state index in [0.29, 0.717) is 6.54 Å². The highest BCUT2D eigenvalue weighted by Crippen LogP contribution is 1.74. The van der Waals surface area contributed by atoms with Gasteiger partial charge in [-0.1, -0.05) is 13.0 Å². The first kappa shape index (κ1) is 9.17. The van der Waals surface area contributed by atoms with E-state index in [1.54, 1.807) is 0 Å². The average molecular weight is 143 g/mol. The highest BCUT2D eigenvalue weighted by molar-refractivity contribution is 5.87. The highest BCUT2D eigenvalue weighted by Gasteiger charge is 1.89. The van der Waals surface area contributed by atoms with Crippen LogP contribution in [0, 0.1) is 0 Å². The summed E-state index contributed by atoms with van der Waals surface area (Å²) < 4.78 is 0. The molecule has 0 fully saturated rings. The molecule has 0 heterocycles. The monoisotopic (exact) mass is 143 g/mol. The third-order valence-corrected chi connectivity index (χ3v) is 0.924. The highest BCUT2D eigenvalue weighted by atomic mass is 16.2. The van der Waals surface area contributed by atoms with Gasteiger partial charge in [0.05, 0.1) is 6.61 Å². The quantitative estimate of drug-likeness (QED) is 0.547. The van der Waals surface area contributed by atoms with E-state index in [9.17, 15) is 4.79 Å². The Hall–Kier alpha value is -0.830.